The Balaban J connectivity index is 1.69. The largest absolute Gasteiger partial charge is 0.434 e. The third-order valence-electron chi connectivity index (χ3n) is 3.62. The van der Waals surface area contributed by atoms with Gasteiger partial charge in [0, 0.05) is 25.8 Å². The van der Waals surface area contributed by atoms with Crippen molar-refractivity contribution in [3.8, 4) is 11.6 Å². The van der Waals surface area contributed by atoms with Crippen LogP contribution in [0.4, 0.5) is 0 Å². The Morgan fingerprint density at radius 2 is 2.29 bits per heavy atom. The van der Waals surface area contributed by atoms with Crippen LogP contribution in [-0.4, -0.2) is 25.2 Å². The normalized spacial score (nSPS) is 14.7. The maximum absolute atomic E-state index is 5.91. The van der Waals surface area contributed by atoms with Crippen molar-refractivity contribution >= 4 is 5.65 Å². The third-order valence-corrected chi connectivity index (χ3v) is 3.62. The topological polar surface area (TPSA) is 56.4 Å². The van der Waals surface area contributed by atoms with Gasteiger partial charge in [-0.1, -0.05) is 6.07 Å². The van der Waals surface area contributed by atoms with Crippen molar-refractivity contribution in [3.05, 3.63) is 42.5 Å². The number of imidazole rings is 1. The molecule has 0 saturated heterocycles. The van der Waals surface area contributed by atoms with Gasteiger partial charge in [0.05, 0.1) is 12.4 Å². The number of hydrogen-bond acceptors (Lipinski definition) is 4. The predicted molar refractivity (Wildman–Crippen MR) is 78.3 cm³/mol. The zero-order chi connectivity index (χ0) is 14.2. The van der Waals surface area contributed by atoms with E-state index in [-0.39, 0.29) is 0 Å². The summed E-state index contributed by atoms with van der Waals surface area (Å²) in [5.74, 6) is 1.34. The van der Waals surface area contributed by atoms with Gasteiger partial charge in [0.25, 0.3) is 0 Å². The van der Waals surface area contributed by atoms with Crippen LogP contribution >= 0.6 is 0 Å². The molecule has 1 N–H and O–H groups in total. The van der Waals surface area contributed by atoms with Gasteiger partial charge in [-0.05, 0) is 25.0 Å². The van der Waals surface area contributed by atoms with Gasteiger partial charge in [0.15, 0.2) is 5.75 Å². The van der Waals surface area contributed by atoms with Crippen LogP contribution in [0, 0.1) is 0 Å². The van der Waals surface area contributed by atoms with Crippen LogP contribution in [0.5, 0.6) is 11.6 Å². The highest BCUT2D eigenvalue weighted by Gasteiger charge is 2.22. The van der Waals surface area contributed by atoms with Gasteiger partial charge in [0.1, 0.15) is 11.3 Å². The summed E-state index contributed by atoms with van der Waals surface area (Å²) in [6, 6.07) is 6.61. The molecule has 6 nitrogen and oxygen atoms in total. The second-order valence-electron chi connectivity index (χ2n) is 5.40. The fourth-order valence-electron chi connectivity index (χ4n) is 2.36. The minimum atomic E-state index is 0.641. The van der Waals surface area contributed by atoms with Gasteiger partial charge in [0.2, 0.25) is 5.88 Å². The van der Waals surface area contributed by atoms with E-state index in [1.807, 2.05) is 37.6 Å². The van der Waals surface area contributed by atoms with E-state index < -0.39 is 0 Å². The smallest absolute Gasteiger partial charge is 0.242 e. The van der Waals surface area contributed by atoms with E-state index in [1.165, 1.54) is 12.8 Å². The van der Waals surface area contributed by atoms with E-state index in [1.54, 1.807) is 10.9 Å². The first kappa shape index (κ1) is 12.4. The molecule has 1 aliphatic rings. The Morgan fingerprint density at radius 1 is 1.38 bits per heavy atom. The molecule has 6 heteroatoms. The Hall–Kier alpha value is -2.34. The van der Waals surface area contributed by atoms with Crippen molar-refractivity contribution in [2.24, 2.45) is 7.05 Å². The number of rotatable bonds is 5. The predicted octanol–water partition coefficient (Wildman–Crippen LogP) is 2.11. The number of fused-ring (bicyclic) bond motifs is 1. The molecule has 0 aliphatic heterocycles. The standard InChI is InChI=1S/C15H17N5O/c1-19-10-12(8-17-19)21-15-13(9-16-11-5-6-11)20-7-3-2-4-14(20)18-15/h2-4,7-8,10-11,16H,5-6,9H2,1H3. The molecule has 1 saturated carbocycles. The molecule has 21 heavy (non-hydrogen) atoms. The first-order valence-corrected chi connectivity index (χ1v) is 7.15. The zero-order valence-electron chi connectivity index (χ0n) is 11.9. The summed E-state index contributed by atoms with van der Waals surface area (Å²) in [4.78, 5) is 4.58. The highest BCUT2D eigenvalue weighted by atomic mass is 16.5. The number of aromatic nitrogens is 4. The average Bonchev–Trinajstić information content (AvgIpc) is 3.13. The molecule has 1 aliphatic carbocycles. The summed E-state index contributed by atoms with van der Waals surface area (Å²) in [5, 5.41) is 7.64. The molecule has 4 rings (SSSR count). The summed E-state index contributed by atoms with van der Waals surface area (Å²) in [6.45, 7) is 0.755. The summed E-state index contributed by atoms with van der Waals surface area (Å²) in [6.07, 6.45) is 8.07. The quantitative estimate of drug-likeness (QED) is 0.779. The summed E-state index contributed by atoms with van der Waals surface area (Å²) in [5.41, 5.74) is 1.94. The third kappa shape index (κ3) is 2.50. The molecule has 3 heterocycles. The first-order chi connectivity index (χ1) is 10.3. The minimum Gasteiger partial charge on any atom is -0.434 e. The molecule has 0 atom stereocenters. The Kier molecular flexibility index (Phi) is 2.89. The monoisotopic (exact) mass is 283 g/mol. The van der Waals surface area contributed by atoms with Gasteiger partial charge in [-0.2, -0.15) is 10.1 Å². The molecule has 0 amide bonds. The van der Waals surface area contributed by atoms with E-state index in [4.69, 9.17) is 4.74 Å². The number of hydrogen-bond donors (Lipinski definition) is 1. The van der Waals surface area contributed by atoms with Gasteiger partial charge < -0.3 is 10.1 Å². The SMILES string of the molecule is Cn1cc(Oc2nc3ccccn3c2CNC2CC2)cn1. The van der Waals surface area contributed by atoms with Crippen molar-refractivity contribution in [2.45, 2.75) is 25.4 Å². The number of nitrogens with zero attached hydrogens (tertiary/aromatic N) is 4. The van der Waals surface area contributed by atoms with Crippen molar-refractivity contribution in [1.82, 2.24) is 24.5 Å². The highest BCUT2D eigenvalue weighted by Crippen LogP contribution is 2.27. The maximum atomic E-state index is 5.91. The molecular weight excluding hydrogens is 266 g/mol. The lowest BCUT2D eigenvalue weighted by Crippen LogP contribution is -2.17. The highest BCUT2D eigenvalue weighted by molar-refractivity contribution is 5.46. The van der Waals surface area contributed by atoms with Crippen LogP contribution in [0.1, 0.15) is 18.5 Å². The molecule has 0 spiro atoms. The summed E-state index contributed by atoms with van der Waals surface area (Å²) >= 11 is 0. The van der Waals surface area contributed by atoms with Gasteiger partial charge in [-0.3, -0.25) is 9.08 Å². The van der Waals surface area contributed by atoms with Crippen LogP contribution in [0.2, 0.25) is 0 Å². The van der Waals surface area contributed by atoms with E-state index in [0.717, 1.165) is 17.9 Å². The van der Waals surface area contributed by atoms with Gasteiger partial charge >= 0.3 is 0 Å². The van der Waals surface area contributed by atoms with E-state index in [2.05, 4.69) is 19.8 Å². The fourth-order valence-corrected chi connectivity index (χ4v) is 2.36. The van der Waals surface area contributed by atoms with Crippen LogP contribution < -0.4 is 10.1 Å². The number of ether oxygens (including phenoxy) is 1. The number of nitrogens with one attached hydrogen (secondary N) is 1. The average molecular weight is 283 g/mol. The second kappa shape index (κ2) is 4.89. The van der Waals surface area contributed by atoms with Crippen LogP contribution in [0.25, 0.3) is 5.65 Å². The number of pyridine rings is 1. The molecule has 3 aromatic rings. The van der Waals surface area contributed by atoms with Crippen molar-refractivity contribution in [2.75, 3.05) is 0 Å². The summed E-state index contributed by atoms with van der Waals surface area (Å²) in [7, 11) is 1.87. The van der Waals surface area contributed by atoms with Crippen LogP contribution in [0.3, 0.4) is 0 Å². The van der Waals surface area contributed by atoms with Crippen LogP contribution in [0.15, 0.2) is 36.8 Å². The Bertz CT molecular complexity index is 771. The van der Waals surface area contributed by atoms with Gasteiger partial charge in [-0.25, -0.2) is 0 Å². The maximum Gasteiger partial charge on any atom is 0.242 e. The molecule has 1 fully saturated rings. The Morgan fingerprint density at radius 3 is 3.05 bits per heavy atom. The van der Waals surface area contributed by atoms with Crippen molar-refractivity contribution in [3.63, 3.8) is 0 Å². The molecule has 0 unspecified atom stereocenters. The number of aryl methyl sites for hydroxylation is 1. The van der Waals surface area contributed by atoms with Gasteiger partial charge in [-0.15, -0.1) is 0 Å². The molecular formula is C15H17N5O. The van der Waals surface area contributed by atoms with Crippen molar-refractivity contribution in [1.29, 1.82) is 0 Å². The van der Waals surface area contributed by atoms with Crippen molar-refractivity contribution < 1.29 is 4.74 Å². The second-order valence-corrected chi connectivity index (χ2v) is 5.40. The molecule has 0 radical (unpaired) electrons. The summed E-state index contributed by atoms with van der Waals surface area (Å²) < 4.78 is 9.70. The fraction of sp³-hybridized carbons (Fsp3) is 0.333. The lowest BCUT2D eigenvalue weighted by Gasteiger charge is -2.06. The molecule has 108 valence electrons. The lowest BCUT2D eigenvalue weighted by atomic mass is 10.4. The lowest BCUT2D eigenvalue weighted by molar-refractivity contribution is 0.454. The first-order valence-electron chi connectivity index (χ1n) is 7.15. The molecule has 3 aromatic heterocycles. The Labute approximate surface area is 122 Å². The minimum absolute atomic E-state index is 0.641. The van der Waals surface area contributed by atoms with E-state index in [9.17, 15) is 0 Å². The molecule has 0 bridgehead atoms. The molecule has 0 aromatic carbocycles. The van der Waals surface area contributed by atoms with E-state index >= 15 is 0 Å². The van der Waals surface area contributed by atoms with E-state index in [0.29, 0.717) is 17.7 Å². The van der Waals surface area contributed by atoms with Crippen LogP contribution in [-0.2, 0) is 13.6 Å². The zero-order valence-corrected chi connectivity index (χ0v) is 11.9.